The van der Waals surface area contributed by atoms with Gasteiger partial charge >= 0.3 is 0 Å². The molecule has 0 atom stereocenters. The maximum atomic E-state index is 5.38. The minimum absolute atomic E-state index is 0.831. The third kappa shape index (κ3) is 15.0. The van der Waals surface area contributed by atoms with Gasteiger partial charge in [-0.15, -0.1) is 0 Å². The van der Waals surface area contributed by atoms with Crippen molar-refractivity contribution in [3.8, 4) is 11.3 Å². The van der Waals surface area contributed by atoms with E-state index in [1.54, 1.807) is 0 Å². The quantitative estimate of drug-likeness (QED) is 0.168. The summed E-state index contributed by atoms with van der Waals surface area (Å²) in [5.74, 6) is 0.831. The number of rotatable bonds is 13. The molecule has 1 aromatic carbocycles. The zero-order valence-corrected chi connectivity index (χ0v) is 26.6. The molecule has 0 saturated carbocycles. The van der Waals surface area contributed by atoms with E-state index in [1.807, 2.05) is 57.7 Å². The number of aromatic nitrogens is 2. The first kappa shape index (κ1) is 35.3. The molecule has 3 rings (SSSR count). The number of hydrogen-bond acceptors (Lipinski definition) is 5. The predicted molar refractivity (Wildman–Crippen MR) is 179 cm³/mol. The normalized spacial score (nSPS) is 10.6. The standard InChI is InChI=1S/C15H18N2O.C11H19N.C10H15N/c1-9(2)16-14-8-13(7-6-10(14)3)15-11(4)12(5)17-18-15;1-4-6-8-11(3)10-12-9-7-5-2;1-2-3-4-5-10-6-8-11-9-7-10/h6-8,16H,1H2,2-5H3;7,9-10H,3-6,8H2,1-2H3;6-9H,2-5H2,1H3/b;9-7-,12-10?;. The second kappa shape index (κ2) is 21.1. The van der Waals surface area contributed by atoms with E-state index < -0.39 is 0 Å². The molecule has 0 amide bonds. The minimum atomic E-state index is 0.831. The fraction of sp³-hybridized carbons (Fsp3) is 0.417. The third-order valence-corrected chi connectivity index (χ3v) is 6.36. The number of anilines is 1. The Morgan fingerprint density at radius 1 is 0.976 bits per heavy atom. The smallest absolute Gasteiger partial charge is 0.170 e. The van der Waals surface area contributed by atoms with Gasteiger partial charge in [-0.1, -0.05) is 76.6 Å². The highest BCUT2D eigenvalue weighted by atomic mass is 16.5. The lowest BCUT2D eigenvalue weighted by atomic mass is 10.0. The summed E-state index contributed by atoms with van der Waals surface area (Å²) in [5.41, 5.74) is 8.72. The van der Waals surface area contributed by atoms with Crippen LogP contribution in [0.3, 0.4) is 0 Å². The van der Waals surface area contributed by atoms with Crippen molar-refractivity contribution in [2.24, 2.45) is 4.99 Å². The van der Waals surface area contributed by atoms with Crippen LogP contribution in [0.4, 0.5) is 5.69 Å². The molecule has 0 unspecified atom stereocenters. The Kier molecular flexibility index (Phi) is 18.1. The molecule has 41 heavy (non-hydrogen) atoms. The molecule has 5 nitrogen and oxygen atoms in total. The van der Waals surface area contributed by atoms with Crippen LogP contribution in [-0.2, 0) is 6.42 Å². The first-order chi connectivity index (χ1) is 19.7. The van der Waals surface area contributed by atoms with Crippen molar-refractivity contribution in [2.75, 3.05) is 5.32 Å². The summed E-state index contributed by atoms with van der Waals surface area (Å²) in [5, 5.41) is 7.25. The maximum Gasteiger partial charge on any atom is 0.170 e. The Morgan fingerprint density at radius 3 is 2.27 bits per heavy atom. The number of nitrogens with zero attached hydrogens (tertiary/aromatic N) is 3. The Balaban J connectivity index is 0.000000322. The molecular weight excluding hydrogens is 504 g/mol. The number of aliphatic imine (C=N–C) groups is 1. The van der Waals surface area contributed by atoms with Gasteiger partial charge in [-0.2, -0.15) is 0 Å². The van der Waals surface area contributed by atoms with Crippen molar-refractivity contribution in [1.82, 2.24) is 10.1 Å². The number of aryl methyl sites for hydroxylation is 3. The summed E-state index contributed by atoms with van der Waals surface area (Å²) < 4.78 is 5.38. The molecular formula is C36H52N4O. The maximum absolute atomic E-state index is 5.38. The van der Waals surface area contributed by atoms with Gasteiger partial charge in [-0.3, -0.25) is 9.98 Å². The Morgan fingerprint density at radius 2 is 1.68 bits per heavy atom. The van der Waals surface area contributed by atoms with Crippen LogP contribution in [0, 0.1) is 20.8 Å². The first-order valence-corrected chi connectivity index (χ1v) is 14.9. The molecule has 0 fully saturated rings. The van der Waals surface area contributed by atoms with Gasteiger partial charge in [0, 0.05) is 47.3 Å². The van der Waals surface area contributed by atoms with Crippen molar-refractivity contribution < 1.29 is 4.52 Å². The molecule has 3 aromatic rings. The van der Waals surface area contributed by atoms with Gasteiger partial charge in [0.1, 0.15) is 0 Å². The van der Waals surface area contributed by atoms with Crippen LogP contribution in [-0.4, -0.2) is 16.4 Å². The summed E-state index contributed by atoms with van der Waals surface area (Å²) in [6.07, 6.45) is 19.1. The van der Waals surface area contributed by atoms with Crippen molar-refractivity contribution in [3.63, 3.8) is 0 Å². The molecule has 222 valence electrons. The Labute approximate surface area is 249 Å². The summed E-state index contributed by atoms with van der Waals surface area (Å²) in [4.78, 5) is 8.08. The molecule has 0 spiro atoms. The zero-order valence-electron chi connectivity index (χ0n) is 26.6. The van der Waals surface area contributed by atoms with Crippen LogP contribution in [0.2, 0.25) is 0 Å². The molecule has 0 saturated heterocycles. The van der Waals surface area contributed by atoms with E-state index in [9.17, 15) is 0 Å². The van der Waals surface area contributed by atoms with Crippen LogP contribution in [0.5, 0.6) is 0 Å². The molecule has 0 aliphatic heterocycles. The molecule has 5 heteroatoms. The minimum Gasteiger partial charge on any atom is -0.359 e. The highest BCUT2D eigenvalue weighted by Gasteiger charge is 2.12. The third-order valence-electron chi connectivity index (χ3n) is 6.36. The van der Waals surface area contributed by atoms with Crippen molar-refractivity contribution in [2.45, 2.75) is 99.8 Å². The number of hydrogen-bond donors (Lipinski definition) is 1. The zero-order chi connectivity index (χ0) is 30.5. The lowest BCUT2D eigenvalue weighted by molar-refractivity contribution is 0.427. The lowest BCUT2D eigenvalue weighted by Crippen LogP contribution is -1.96. The molecule has 2 aromatic heterocycles. The van der Waals surface area contributed by atoms with Gasteiger partial charge in [-0.25, -0.2) is 0 Å². The summed E-state index contributed by atoms with van der Waals surface area (Å²) in [6, 6.07) is 10.4. The number of allylic oxidation sites excluding steroid dienone is 3. The highest BCUT2D eigenvalue weighted by molar-refractivity contribution is 5.77. The largest absolute Gasteiger partial charge is 0.359 e. The van der Waals surface area contributed by atoms with E-state index in [2.05, 4.69) is 85.6 Å². The van der Waals surface area contributed by atoms with Gasteiger partial charge in [0.15, 0.2) is 5.76 Å². The SMILES string of the molecule is C=C(C)Nc1cc(-c2onc(C)c2C)ccc1C.C=C(C=N/C=C\CC)CCCC.CCCCCc1ccncc1. The Bertz CT molecular complexity index is 1220. The molecule has 0 aliphatic rings. The van der Waals surface area contributed by atoms with Crippen LogP contribution in [0.1, 0.15) is 95.0 Å². The van der Waals surface area contributed by atoms with E-state index in [0.29, 0.717) is 0 Å². The van der Waals surface area contributed by atoms with Gasteiger partial charge in [0.2, 0.25) is 0 Å². The van der Waals surface area contributed by atoms with Gasteiger partial charge < -0.3 is 9.84 Å². The van der Waals surface area contributed by atoms with Crippen molar-refractivity contribution in [3.05, 3.63) is 102 Å². The predicted octanol–water partition coefficient (Wildman–Crippen LogP) is 10.8. The lowest BCUT2D eigenvalue weighted by Gasteiger charge is -2.10. The number of benzene rings is 1. The fourth-order valence-corrected chi connectivity index (χ4v) is 3.72. The van der Waals surface area contributed by atoms with Crippen LogP contribution in [0.25, 0.3) is 11.3 Å². The highest BCUT2D eigenvalue weighted by Crippen LogP contribution is 2.29. The monoisotopic (exact) mass is 556 g/mol. The van der Waals surface area contributed by atoms with Crippen molar-refractivity contribution in [1.29, 1.82) is 0 Å². The molecule has 1 N–H and O–H groups in total. The summed E-state index contributed by atoms with van der Waals surface area (Å²) in [6.45, 7) is 22.3. The molecule has 2 heterocycles. The summed E-state index contributed by atoms with van der Waals surface area (Å²) >= 11 is 0. The first-order valence-electron chi connectivity index (χ1n) is 14.9. The van der Waals surface area contributed by atoms with Gasteiger partial charge in [-0.05, 0) is 94.7 Å². The Hall–Kier alpha value is -3.73. The van der Waals surface area contributed by atoms with E-state index in [1.165, 1.54) is 49.7 Å². The molecule has 0 radical (unpaired) electrons. The average molecular weight is 557 g/mol. The fourth-order valence-electron chi connectivity index (χ4n) is 3.72. The van der Waals surface area contributed by atoms with Gasteiger partial charge in [0.25, 0.3) is 0 Å². The average Bonchev–Trinajstić information content (AvgIpc) is 3.30. The van der Waals surface area contributed by atoms with E-state index >= 15 is 0 Å². The van der Waals surface area contributed by atoms with E-state index in [-0.39, 0.29) is 0 Å². The molecule has 0 bridgehead atoms. The number of unbranched alkanes of at least 4 members (excludes halogenated alkanes) is 3. The number of pyridine rings is 1. The second-order valence-electron chi connectivity index (χ2n) is 10.3. The van der Waals surface area contributed by atoms with Gasteiger partial charge in [0.05, 0.1) is 5.69 Å². The number of nitrogens with one attached hydrogen (secondary N) is 1. The summed E-state index contributed by atoms with van der Waals surface area (Å²) in [7, 11) is 0. The van der Waals surface area contributed by atoms with Crippen molar-refractivity contribution >= 4 is 11.9 Å². The molecule has 0 aliphatic carbocycles. The van der Waals surface area contributed by atoms with E-state index in [4.69, 9.17) is 4.52 Å². The van der Waals surface area contributed by atoms with Crippen LogP contribution in [0.15, 0.2) is 88.9 Å². The second-order valence-corrected chi connectivity index (χ2v) is 10.3. The van der Waals surface area contributed by atoms with Crippen LogP contribution >= 0.6 is 0 Å². The van der Waals surface area contributed by atoms with E-state index in [0.717, 1.165) is 52.4 Å². The topological polar surface area (TPSA) is 63.3 Å². The van der Waals surface area contributed by atoms with Crippen LogP contribution < -0.4 is 5.32 Å².